The first-order valence-electron chi connectivity index (χ1n) is 4.48. The van der Waals surface area contributed by atoms with Crippen molar-refractivity contribution in [2.45, 2.75) is 18.9 Å². The van der Waals surface area contributed by atoms with Gasteiger partial charge in [0.15, 0.2) is 0 Å². The minimum Gasteiger partial charge on any atom is -0.305 e. The number of nitrogens with one attached hydrogen (secondary N) is 1. The molecular weight excluding hydrogens is 191 g/mol. The largest absolute Gasteiger partial charge is 0.305 e. The Labute approximate surface area is 79.9 Å². The zero-order valence-corrected chi connectivity index (χ0v) is 7.43. The van der Waals surface area contributed by atoms with E-state index in [2.05, 4.69) is 5.32 Å². The maximum atomic E-state index is 12.8. The molecule has 0 spiro atoms. The molecule has 1 nitrogen and oxygen atoms in total. The number of alkyl halides is 2. The molecule has 1 heterocycles. The van der Waals surface area contributed by atoms with E-state index >= 15 is 0 Å². The molecule has 0 amide bonds. The van der Waals surface area contributed by atoms with E-state index in [-0.39, 0.29) is 5.82 Å². The average molecular weight is 201 g/mol. The summed E-state index contributed by atoms with van der Waals surface area (Å²) in [6.45, 7) is 0.478. The summed E-state index contributed by atoms with van der Waals surface area (Å²) >= 11 is 0. The van der Waals surface area contributed by atoms with E-state index in [1.165, 1.54) is 18.2 Å². The van der Waals surface area contributed by atoms with Crippen molar-refractivity contribution in [2.75, 3.05) is 6.54 Å². The van der Waals surface area contributed by atoms with Gasteiger partial charge >= 0.3 is 0 Å². The third-order valence-corrected chi connectivity index (χ3v) is 2.45. The normalized spacial score (nSPS) is 21.0. The zero-order chi connectivity index (χ0) is 10.1. The second-order valence-electron chi connectivity index (χ2n) is 3.36. The molecule has 1 atom stereocenters. The van der Waals surface area contributed by atoms with Crippen LogP contribution in [0, 0.1) is 5.82 Å². The van der Waals surface area contributed by atoms with Crippen LogP contribution in [0.25, 0.3) is 0 Å². The van der Waals surface area contributed by atoms with Crippen LogP contribution < -0.4 is 5.32 Å². The lowest BCUT2D eigenvalue weighted by molar-refractivity contribution is 0.0953. The molecule has 1 aliphatic heterocycles. The fourth-order valence-electron chi connectivity index (χ4n) is 1.79. The van der Waals surface area contributed by atoms with Crippen LogP contribution in [0.2, 0.25) is 0 Å². The van der Waals surface area contributed by atoms with Crippen LogP contribution >= 0.6 is 0 Å². The predicted molar refractivity (Wildman–Crippen MR) is 46.9 cm³/mol. The lowest BCUT2D eigenvalue weighted by Crippen LogP contribution is -2.34. The topological polar surface area (TPSA) is 12.0 Å². The molecule has 0 aromatic heterocycles. The number of halogens is 3. The van der Waals surface area contributed by atoms with E-state index in [1.807, 2.05) is 0 Å². The molecule has 1 N–H and O–H groups in total. The number of fused-ring (bicyclic) bond motifs is 1. The van der Waals surface area contributed by atoms with E-state index in [0.29, 0.717) is 24.1 Å². The maximum absolute atomic E-state index is 12.8. The molecule has 0 radical (unpaired) electrons. The molecule has 2 rings (SSSR count). The Morgan fingerprint density at radius 2 is 2.14 bits per heavy atom. The van der Waals surface area contributed by atoms with Gasteiger partial charge in [0.2, 0.25) is 0 Å². The summed E-state index contributed by atoms with van der Waals surface area (Å²) in [5.74, 6) is -0.362. The average Bonchev–Trinajstić information content (AvgIpc) is 2.16. The molecule has 1 aromatic carbocycles. The monoisotopic (exact) mass is 201 g/mol. The molecule has 14 heavy (non-hydrogen) atoms. The standard InChI is InChI=1S/C10H10F3N/c11-7-1-2-8-6(5-7)3-4-14-9(8)10(12)13/h1-2,5,9-10,14H,3-4H2. The van der Waals surface area contributed by atoms with Gasteiger partial charge in [0.25, 0.3) is 6.43 Å². The molecule has 1 aromatic rings. The maximum Gasteiger partial charge on any atom is 0.257 e. The number of rotatable bonds is 1. The van der Waals surface area contributed by atoms with Crippen LogP contribution in [-0.4, -0.2) is 13.0 Å². The van der Waals surface area contributed by atoms with Crippen LogP contribution in [0.4, 0.5) is 13.2 Å². The predicted octanol–water partition coefficient (Wildman–Crippen LogP) is 2.28. The van der Waals surface area contributed by atoms with Crippen LogP contribution in [0.5, 0.6) is 0 Å². The smallest absolute Gasteiger partial charge is 0.257 e. The van der Waals surface area contributed by atoms with Gasteiger partial charge in [-0.25, -0.2) is 13.2 Å². The fourth-order valence-corrected chi connectivity index (χ4v) is 1.79. The molecule has 1 aliphatic rings. The lowest BCUT2D eigenvalue weighted by Gasteiger charge is -2.26. The molecular formula is C10H10F3N. The summed E-state index contributed by atoms with van der Waals surface area (Å²) in [5, 5.41) is 2.72. The van der Waals surface area contributed by atoms with Gasteiger partial charge in [-0.2, -0.15) is 0 Å². The number of hydrogen-bond acceptors (Lipinski definition) is 1. The lowest BCUT2D eigenvalue weighted by atomic mass is 9.94. The Bertz CT molecular complexity index is 338. The summed E-state index contributed by atoms with van der Waals surface area (Å²) in [4.78, 5) is 0. The Hall–Kier alpha value is -1.03. The summed E-state index contributed by atoms with van der Waals surface area (Å²) in [6, 6.07) is 3.06. The van der Waals surface area contributed by atoms with Gasteiger partial charge in [-0.1, -0.05) is 6.07 Å². The summed E-state index contributed by atoms with van der Waals surface area (Å²) in [7, 11) is 0. The van der Waals surface area contributed by atoms with Crippen molar-refractivity contribution >= 4 is 0 Å². The first-order valence-corrected chi connectivity index (χ1v) is 4.48. The van der Waals surface area contributed by atoms with E-state index < -0.39 is 12.5 Å². The van der Waals surface area contributed by atoms with Gasteiger partial charge in [-0.05, 0) is 36.2 Å². The number of benzene rings is 1. The van der Waals surface area contributed by atoms with E-state index in [4.69, 9.17) is 0 Å². The highest BCUT2D eigenvalue weighted by Crippen LogP contribution is 2.27. The van der Waals surface area contributed by atoms with Crippen molar-refractivity contribution in [3.8, 4) is 0 Å². The van der Waals surface area contributed by atoms with E-state index in [0.717, 1.165) is 0 Å². The van der Waals surface area contributed by atoms with Gasteiger partial charge in [0.1, 0.15) is 5.82 Å². The Balaban J connectivity index is 2.40. The third kappa shape index (κ3) is 1.62. The molecule has 1 unspecified atom stereocenters. The van der Waals surface area contributed by atoms with Gasteiger partial charge in [-0.3, -0.25) is 0 Å². The minimum absolute atomic E-state index is 0.362. The quantitative estimate of drug-likeness (QED) is 0.735. The van der Waals surface area contributed by atoms with E-state index in [9.17, 15) is 13.2 Å². The first-order chi connectivity index (χ1) is 6.68. The summed E-state index contributed by atoms with van der Waals surface area (Å²) in [5.41, 5.74) is 1.21. The first kappa shape index (κ1) is 9.52. The molecule has 0 bridgehead atoms. The SMILES string of the molecule is Fc1ccc2c(c1)CCNC2C(F)F. The Kier molecular flexibility index (Phi) is 2.46. The molecule has 0 aliphatic carbocycles. The third-order valence-electron chi connectivity index (χ3n) is 2.45. The van der Waals surface area contributed by atoms with Crippen molar-refractivity contribution in [2.24, 2.45) is 0 Å². The molecule has 0 fully saturated rings. The molecule has 4 heteroatoms. The second-order valence-corrected chi connectivity index (χ2v) is 3.36. The Morgan fingerprint density at radius 1 is 1.36 bits per heavy atom. The van der Waals surface area contributed by atoms with Crippen LogP contribution in [0.15, 0.2) is 18.2 Å². The molecule has 0 saturated carbocycles. The van der Waals surface area contributed by atoms with Gasteiger partial charge in [-0.15, -0.1) is 0 Å². The van der Waals surface area contributed by atoms with Gasteiger partial charge in [0, 0.05) is 0 Å². The summed E-state index contributed by atoms with van der Waals surface area (Å²) in [6.07, 6.45) is -1.84. The highest BCUT2D eigenvalue weighted by molar-refractivity contribution is 5.33. The van der Waals surface area contributed by atoms with Crippen molar-refractivity contribution in [1.29, 1.82) is 0 Å². The van der Waals surface area contributed by atoms with Crippen LogP contribution in [0.1, 0.15) is 17.2 Å². The van der Waals surface area contributed by atoms with Crippen molar-refractivity contribution in [1.82, 2.24) is 5.32 Å². The van der Waals surface area contributed by atoms with Gasteiger partial charge < -0.3 is 5.32 Å². The Morgan fingerprint density at radius 3 is 2.86 bits per heavy atom. The van der Waals surface area contributed by atoms with Crippen molar-refractivity contribution < 1.29 is 13.2 Å². The summed E-state index contributed by atoms with van der Waals surface area (Å²) < 4.78 is 37.9. The van der Waals surface area contributed by atoms with Crippen LogP contribution in [-0.2, 0) is 6.42 Å². The van der Waals surface area contributed by atoms with E-state index in [1.54, 1.807) is 0 Å². The number of hydrogen-bond donors (Lipinski definition) is 1. The molecule has 76 valence electrons. The van der Waals surface area contributed by atoms with Gasteiger partial charge in [0.05, 0.1) is 6.04 Å². The van der Waals surface area contributed by atoms with Crippen molar-refractivity contribution in [3.05, 3.63) is 35.1 Å². The highest BCUT2D eigenvalue weighted by atomic mass is 19.3. The highest BCUT2D eigenvalue weighted by Gasteiger charge is 2.27. The zero-order valence-electron chi connectivity index (χ0n) is 7.43. The minimum atomic E-state index is -2.44. The molecule has 0 saturated heterocycles. The fraction of sp³-hybridized carbons (Fsp3) is 0.400. The van der Waals surface area contributed by atoms with Crippen LogP contribution in [0.3, 0.4) is 0 Å². The second kappa shape index (κ2) is 3.61. The van der Waals surface area contributed by atoms with Crippen molar-refractivity contribution in [3.63, 3.8) is 0 Å².